The fraction of sp³-hybridized carbons (Fsp3) is 0. The van der Waals surface area contributed by atoms with Crippen molar-refractivity contribution >= 4 is 18.4 Å². The van der Waals surface area contributed by atoms with E-state index >= 15 is 0 Å². The normalized spacial score (nSPS) is 9.07. The molecule has 0 amide bonds. The Morgan fingerprint density at radius 1 is 0.667 bits per heavy atom. The molecule has 0 aliphatic carbocycles. The third kappa shape index (κ3) is 2.72. The zero-order valence-electron chi connectivity index (χ0n) is 8.34. The van der Waals surface area contributed by atoms with Gasteiger partial charge in [0, 0.05) is 10.6 Å². The number of benzene rings is 2. The smallest absolute Gasteiger partial charge is 0.136 e. The fourth-order valence-electron chi connectivity index (χ4n) is 1.28. The van der Waals surface area contributed by atoms with Crippen LogP contribution in [0.5, 0.6) is 0 Å². The van der Waals surface area contributed by atoms with Gasteiger partial charge in [-0.2, -0.15) is 0 Å². The molecule has 0 saturated heterocycles. The zero-order valence-corrected chi connectivity index (χ0v) is 9.23. The average molecular weight is 218 g/mol. The van der Waals surface area contributed by atoms with Gasteiger partial charge < -0.3 is 6.15 Å². The molecule has 0 spiro atoms. The summed E-state index contributed by atoms with van der Waals surface area (Å²) in [5.41, 5.74) is 0. The van der Waals surface area contributed by atoms with E-state index in [2.05, 4.69) is 0 Å². The summed E-state index contributed by atoms with van der Waals surface area (Å²) >= 11 is 0. The molecule has 3 N–H and O–H groups in total. The van der Waals surface area contributed by atoms with E-state index < -0.39 is 7.80 Å². The van der Waals surface area contributed by atoms with Crippen molar-refractivity contribution < 1.29 is 4.57 Å². The van der Waals surface area contributed by atoms with Gasteiger partial charge in [0.15, 0.2) is 0 Å². The van der Waals surface area contributed by atoms with Crippen LogP contribution in [0.25, 0.3) is 0 Å². The van der Waals surface area contributed by atoms with Crippen molar-refractivity contribution in [2.75, 3.05) is 0 Å². The molecule has 0 atom stereocenters. The topological polar surface area (TPSA) is 52.1 Å². The van der Waals surface area contributed by atoms with Crippen LogP contribution in [0.15, 0.2) is 60.7 Å². The van der Waals surface area contributed by atoms with Gasteiger partial charge in [-0.15, -0.1) is 0 Å². The van der Waals surface area contributed by atoms with Gasteiger partial charge in [0.25, 0.3) is 0 Å². The Kier molecular flexibility index (Phi) is 4.17. The summed E-state index contributed by atoms with van der Waals surface area (Å²) in [7, 11) is -1.42. The average Bonchev–Trinajstić information content (AvgIpc) is 2.30. The highest BCUT2D eigenvalue weighted by atomic mass is 31.1. The standard InChI is InChI=1S/C12H10OP.H3N/c13-14(11-7-3-1-4-8-11)12-9-5-2-6-10-12;/h1-10H;1H3. The Hall–Kier alpha value is -1.50. The minimum Gasteiger partial charge on any atom is -0.344 e. The van der Waals surface area contributed by atoms with Crippen LogP contribution in [0.2, 0.25) is 0 Å². The highest BCUT2D eigenvalue weighted by Gasteiger charge is 2.05. The second kappa shape index (κ2) is 5.40. The van der Waals surface area contributed by atoms with Crippen molar-refractivity contribution in [2.45, 2.75) is 0 Å². The lowest BCUT2D eigenvalue weighted by atomic mass is 10.4. The Balaban J connectivity index is 0.00000112. The molecule has 3 heteroatoms. The van der Waals surface area contributed by atoms with Gasteiger partial charge in [-0.3, -0.25) is 4.57 Å². The first-order valence-corrected chi connectivity index (χ1v) is 5.71. The minimum absolute atomic E-state index is 0. The van der Waals surface area contributed by atoms with Crippen LogP contribution in [-0.2, 0) is 4.57 Å². The lowest BCUT2D eigenvalue weighted by Crippen LogP contribution is -2.04. The molecule has 0 fully saturated rings. The number of hydrogen-bond donors (Lipinski definition) is 1. The highest BCUT2D eigenvalue weighted by Crippen LogP contribution is 2.18. The van der Waals surface area contributed by atoms with Crippen LogP contribution < -0.4 is 16.8 Å². The summed E-state index contributed by atoms with van der Waals surface area (Å²) in [4.78, 5) is 0. The van der Waals surface area contributed by atoms with Crippen LogP contribution in [0.1, 0.15) is 0 Å². The minimum atomic E-state index is -1.42. The molecule has 2 aromatic carbocycles. The molecule has 2 nitrogen and oxygen atoms in total. The molecule has 2 aromatic rings. The van der Waals surface area contributed by atoms with Crippen molar-refractivity contribution in [3.05, 3.63) is 60.7 Å². The molecule has 0 aliphatic heterocycles. The summed E-state index contributed by atoms with van der Waals surface area (Å²) in [6.07, 6.45) is 0. The molecule has 0 aromatic heterocycles. The molecule has 0 aliphatic rings. The zero-order chi connectivity index (χ0) is 9.80. The monoisotopic (exact) mass is 218 g/mol. The third-order valence-corrected chi connectivity index (χ3v) is 3.52. The Morgan fingerprint density at radius 3 is 1.33 bits per heavy atom. The van der Waals surface area contributed by atoms with E-state index in [1.165, 1.54) is 0 Å². The molecule has 1 radical (unpaired) electrons. The van der Waals surface area contributed by atoms with E-state index in [0.717, 1.165) is 10.6 Å². The lowest BCUT2D eigenvalue weighted by Gasteiger charge is -1.99. The molecule has 0 bridgehead atoms. The second-order valence-electron chi connectivity index (χ2n) is 2.97. The maximum absolute atomic E-state index is 12.0. The van der Waals surface area contributed by atoms with Crippen molar-refractivity contribution in [1.29, 1.82) is 0 Å². The van der Waals surface area contributed by atoms with Crippen LogP contribution in [0.3, 0.4) is 0 Å². The first kappa shape index (κ1) is 11.6. The molecule has 0 saturated carbocycles. The van der Waals surface area contributed by atoms with E-state index in [4.69, 9.17) is 0 Å². The van der Waals surface area contributed by atoms with Gasteiger partial charge in [0.05, 0.1) is 0 Å². The van der Waals surface area contributed by atoms with E-state index in [0.29, 0.717) is 0 Å². The van der Waals surface area contributed by atoms with Crippen molar-refractivity contribution in [3.8, 4) is 0 Å². The summed E-state index contributed by atoms with van der Waals surface area (Å²) in [6.45, 7) is 0. The quantitative estimate of drug-likeness (QED) is 0.788. The van der Waals surface area contributed by atoms with E-state index in [1.807, 2.05) is 60.7 Å². The van der Waals surface area contributed by atoms with Crippen molar-refractivity contribution in [2.24, 2.45) is 0 Å². The summed E-state index contributed by atoms with van der Waals surface area (Å²) in [5, 5.41) is 1.77. The predicted octanol–water partition coefficient (Wildman–Crippen LogP) is 2.63. The van der Waals surface area contributed by atoms with Crippen molar-refractivity contribution in [1.82, 2.24) is 6.15 Å². The maximum atomic E-state index is 12.0. The summed E-state index contributed by atoms with van der Waals surface area (Å²) < 4.78 is 12.0. The molecule has 0 unspecified atom stereocenters. The lowest BCUT2D eigenvalue weighted by molar-refractivity contribution is 0.598. The Bertz CT molecular complexity index is 386. The molecule has 15 heavy (non-hydrogen) atoms. The molecule has 2 rings (SSSR count). The first-order chi connectivity index (χ1) is 6.88. The van der Waals surface area contributed by atoms with E-state index in [-0.39, 0.29) is 6.15 Å². The van der Waals surface area contributed by atoms with Gasteiger partial charge in [0.2, 0.25) is 0 Å². The van der Waals surface area contributed by atoms with Crippen LogP contribution in [0.4, 0.5) is 0 Å². The second-order valence-corrected chi connectivity index (χ2v) is 4.59. The van der Waals surface area contributed by atoms with Gasteiger partial charge >= 0.3 is 0 Å². The van der Waals surface area contributed by atoms with Crippen LogP contribution in [-0.4, -0.2) is 0 Å². The molecule has 0 heterocycles. The Labute approximate surface area is 90.3 Å². The first-order valence-electron chi connectivity index (χ1n) is 4.45. The highest BCUT2D eigenvalue weighted by molar-refractivity contribution is 7.61. The van der Waals surface area contributed by atoms with E-state index in [1.54, 1.807) is 0 Å². The summed E-state index contributed by atoms with van der Waals surface area (Å²) in [6, 6.07) is 19.1. The van der Waals surface area contributed by atoms with Gasteiger partial charge in [-0.1, -0.05) is 36.4 Å². The van der Waals surface area contributed by atoms with Gasteiger partial charge in [0.1, 0.15) is 7.80 Å². The predicted molar refractivity (Wildman–Crippen MR) is 64.8 cm³/mol. The maximum Gasteiger partial charge on any atom is 0.136 e. The molecular formula is C12H13NOP. The number of hydrogen-bond acceptors (Lipinski definition) is 2. The van der Waals surface area contributed by atoms with Gasteiger partial charge in [-0.05, 0) is 24.3 Å². The largest absolute Gasteiger partial charge is 0.344 e. The summed E-state index contributed by atoms with van der Waals surface area (Å²) in [5.74, 6) is 0. The third-order valence-electron chi connectivity index (χ3n) is 1.98. The Morgan fingerprint density at radius 2 is 1.00 bits per heavy atom. The molecular weight excluding hydrogens is 205 g/mol. The van der Waals surface area contributed by atoms with E-state index in [9.17, 15) is 4.57 Å². The molecule has 77 valence electrons. The van der Waals surface area contributed by atoms with Crippen LogP contribution in [0, 0.1) is 0 Å². The van der Waals surface area contributed by atoms with Crippen LogP contribution >= 0.6 is 7.80 Å². The van der Waals surface area contributed by atoms with Crippen molar-refractivity contribution in [3.63, 3.8) is 0 Å². The number of rotatable bonds is 2. The SMILES string of the molecule is N.O=[P](c1ccccc1)c1ccccc1. The van der Waals surface area contributed by atoms with Gasteiger partial charge in [-0.25, -0.2) is 0 Å². The fourth-order valence-corrected chi connectivity index (χ4v) is 2.46.